The molecule has 39 heavy (non-hydrogen) atoms. The number of nitrogens with zero attached hydrogens (tertiary/aromatic N) is 2. The molecule has 1 atom stereocenters. The Bertz CT molecular complexity index is 1750. The van der Waals surface area contributed by atoms with Gasteiger partial charge in [-0.2, -0.15) is 0 Å². The van der Waals surface area contributed by atoms with E-state index < -0.39 is 18.0 Å². The van der Waals surface area contributed by atoms with Crippen LogP contribution in [0.4, 0.5) is 0 Å². The predicted octanol–water partition coefficient (Wildman–Crippen LogP) is 4.07. The number of carbonyl (C=O) groups is 2. The first-order valence-electron chi connectivity index (χ1n) is 12.3. The highest BCUT2D eigenvalue weighted by Crippen LogP contribution is 2.31. The van der Waals surface area contributed by atoms with E-state index >= 15 is 0 Å². The summed E-state index contributed by atoms with van der Waals surface area (Å²) in [4.78, 5) is 44.4. The molecule has 2 heterocycles. The second kappa shape index (κ2) is 11.0. The first-order valence-corrected chi connectivity index (χ1v) is 13.2. The fourth-order valence-corrected chi connectivity index (χ4v) is 5.48. The van der Waals surface area contributed by atoms with Crippen LogP contribution < -0.4 is 14.9 Å². The van der Waals surface area contributed by atoms with Gasteiger partial charge in [-0.1, -0.05) is 83.6 Å². The topological polar surface area (TPSA) is 87.0 Å². The van der Waals surface area contributed by atoms with Crippen LogP contribution in [-0.2, 0) is 20.9 Å². The van der Waals surface area contributed by atoms with Crippen molar-refractivity contribution in [1.29, 1.82) is 0 Å². The summed E-state index contributed by atoms with van der Waals surface area (Å²) in [6.07, 6.45) is 1.83. The quantitative estimate of drug-likeness (QED) is 0.346. The number of aryl methyl sites for hydroxylation is 1. The number of fused-ring (bicyclic) bond motifs is 1. The molecular formula is C31H26N2O5S. The summed E-state index contributed by atoms with van der Waals surface area (Å²) in [7, 11) is 1.31. The number of ether oxygens (including phenoxy) is 2. The fraction of sp³-hybridized carbons (Fsp3) is 0.161. The Balaban J connectivity index is 1.61. The van der Waals surface area contributed by atoms with Crippen molar-refractivity contribution in [3.63, 3.8) is 0 Å². The molecule has 1 unspecified atom stereocenters. The lowest BCUT2D eigenvalue weighted by Gasteiger charge is -2.25. The molecule has 0 saturated carbocycles. The average molecular weight is 539 g/mol. The van der Waals surface area contributed by atoms with Crippen molar-refractivity contribution < 1.29 is 19.1 Å². The number of esters is 2. The van der Waals surface area contributed by atoms with Crippen LogP contribution in [0, 0.1) is 6.92 Å². The minimum atomic E-state index is -0.781. The largest absolute Gasteiger partial charge is 0.465 e. The number of methoxy groups -OCH3 is 1. The van der Waals surface area contributed by atoms with E-state index in [1.54, 1.807) is 31.2 Å². The Kier molecular flexibility index (Phi) is 7.38. The lowest BCUT2D eigenvalue weighted by atomic mass is 9.95. The lowest BCUT2D eigenvalue weighted by molar-refractivity contribution is -0.140. The van der Waals surface area contributed by atoms with Crippen molar-refractivity contribution in [3.05, 3.63) is 138 Å². The molecule has 1 aliphatic rings. The maximum Gasteiger partial charge on any atom is 0.338 e. The third kappa shape index (κ3) is 5.37. The van der Waals surface area contributed by atoms with Gasteiger partial charge in [0.25, 0.3) is 5.56 Å². The van der Waals surface area contributed by atoms with E-state index in [1.807, 2.05) is 67.6 Å². The molecule has 0 amide bonds. The van der Waals surface area contributed by atoms with Crippen molar-refractivity contribution in [1.82, 2.24) is 4.57 Å². The molecule has 7 nitrogen and oxygen atoms in total. The number of hydrogen-bond donors (Lipinski definition) is 0. The maximum absolute atomic E-state index is 13.8. The molecule has 0 saturated heterocycles. The number of thiazole rings is 1. The zero-order chi connectivity index (χ0) is 27.5. The van der Waals surface area contributed by atoms with Crippen LogP contribution in [0.3, 0.4) is 0 Å². The molecule has 0 N–H and O–H groups in total. The number of benzene rings is 3. The smallest absolute Gasteiger partial charge is 0.338 e. The normalized spacial score (nSPS) is 14.9. The van der Waals surface area contributed by atoms with Crippen LogP contribution in [-0.4, -0.2) is 23.6 Å². The van der Waals surface area contributed by atoms with Gasteiger partial charge in [-0.05, 0) is 48.7 Å². The Hall–Kier alpha value is -4.56. The summed E-state index contributed by atoms with van der Waals surface area (Å²) >= 11 is 1.27. The number of allylic oxidation sites excluding steroid dienone is 1. The highest BCUT2D eigenvalue weighted by molar-refractivity contribution is 7.07. The second-order valence-corrected chi connectivity index (χ2v) is 10.2. The van der Waals surface area contributed by atoms with Gasteiger partial charge >= 0.3 is 11.9 Å². The minimum Gasteiger partial charge on any atom is -0.465 e. The number of rotatable bonds is 6. The molecule has 0 aliphatic carbocycles. The number of aromatic nitrogens is 1. The fourth-order valence-electron chi connectivity index (χ4n) is 4.43. The zero-order valence-electron chi connectivity index (χ0n) is 21.7. The Labute approximate surface area is 229 Å². The van der Waals surface area contributed by atoms with Gasteiger partial charge in [0, 0.05) is 0 Å². The summed E-state index contributed by atoms with van der Waals surface area (Å²) in [5.74, 6) is -1.03. The molecule has 5 rings (SSSR count). The van der Waals surface area contributed by atoms with Crippen molar-refractivity contribution in [2.24, 2.45) is 4.99 Å². The van der Waals surface area contributed by atoms with E-state index in [1.165, 1.54) is 23.0 Å². The third-order valence-electron chi connectivity index (χ3n) is 6.48. The van der Waals surface area contributed by atoms with Crippen molar-refractivity contribution in [2.45, 2.75) is 26.5 Å². The highest BCUT2D eigenvalue weighted by atomic mass is 32.1. The molecule has 1 aromatic heterocycles. The van der Waals surface area contributed by atoms with Gasteiger partial charge in [0.05, 0.1) is 34.5 Å². The summed E-state index contributed by atoms with van der Waals surface area (Å²) < 4.78 is 12.5. The first kappa shape index (κ1) is 26.1. The van der Waals surface area contributed by atoms with E-state index in [4.69, 9.17) is 9.47 Å². The van der Waals surface area contributed by atoms with E-state index in [2.05, 4.69) is 4.99 Å². The summed E-state index contributed by atoms with van der Waals surface area (Å²) in [6.45, 7) is 3.83. The van der Waals surface area contributed by atoms with Crippen LogP contribution in [0.25, 0.3) is 6.08 Å². The van der Waals surface area contributed by atoms with Crippen LogP contribution in [0.1, 0.15) is 45.6 Å². The van der Waals surface area contributed by atoms with Crippen LogP contribution in [0.2, 0.25) is 0 Å². The van der Waals surface area contributed by atoms with E-state index in [0.717, 1.165) is 16.7 Å². The van der Waals surface area contributed by atoms with Gasteiger partial charge in [-0.25, -0.2) is 14.6 Å². The predicted molar refractivity (Wildman–Crippen MR) is 149 cm³/mol. The molecular weight excluding hydrogens is 512 g/mol. The number of carbonyl (C=O) groups excluding carboxylic acids is 2. The monoisotopic (exact) mass is 538 g/mol. The molecule has 0 spiro atoms. The zero-order valence-corrected chi connectivity index (χ0v) is 22.5. The Morgan fingerprint density at radius 1 is 0.949 bits per heavy atom. The third-order valence-corrected chi connectivity index (χ3v) is 7.46. The van der Waals surface area contributed by atoms with Gasteiger partial charge in [0.1, 0.15) is 6.61 Å². The van der Waals surface area contributed by atoms with E-state index in [9.17, 15) is 14.4 Å². The van der Waals surface area contributed by atoms with Crippen LogP contribution in [0.5, 0.6) is 0 Å². The van der Waals surface area contributed by atoms with Crippen molar-refractivity contribution in [2.75, 3.05) is 7.11 Å². The summed E-state index contributed by atoms with van der Waals surface area (Å²) in [5.41, 5.74) is 4.35. The Morgan fingerprint density at radius 2 is 1.64 bits per heavy atom. The molecule has 1 aliphatic heterocycles. The standard InChI is InChI=1S/C31H26N2O5S/c1-19-9-11-21(12-10-19)17-25-28(34)33-27(23-13-15-24(16-14-23)29(35)37-3)26(20(2)32-31(33)39-25)30(36)38-18-22-7-5-4-6-8-22/h4-17,27H,18H2,1-3H3/b25-17+. The van der Waals surface area contributed by atoms with Crippen LogP contribution >= 0.6 is 11.3 Å². The second-order valence-electron chi connectivity index (χ2n) is 9.17. The molecule has 0 fully saturated rings. The van der Waals surface area contributed by atoms with Gasteiger partial charge in [0.15, 0.2) is 4.80 Å². The number of hydrogen-bond acceptors (Lipinski definition) is 7. The lowest BCUT2D eigenvalue weighted by Crippen LogP contribution is -2.39. The van der Waals surface area contributed by atoms with Gasteiger partial charge in [0.2, 0.25) is 0 Å². The maximum atomic E-state index is 13.8. The van der Waals surface area contributed by atoms with Crippen LogP contribution in [0.15, 0.2) is 99.9 Å². The molecule has 0 bridgehead atoms. The van der Waals surface area contributed by atoms with Gasteiger partial charge in [-0.15, -0.1) is 0 Å². The molecule has 3 aromatic carbocycles. The summed E-state index contributed by atoms with van der Waals surface area (Å²) in [6, 6.07) is 23.2. The van der Waals surface area contributed by atoms with Gasteiger partial charge in [-0.3, -0.25) is 9.36 Å². The molecule has 8 heteroatoms. The van der Waals surface area contributed by atoms with Crippen molar-refractivity contribution in [3.8, 4) is 0 Å². The van der Waals surface area contributed by atoms with Gasteiger partial charge < -0.3 is 9.47 Å². The minimum absolute atomic E-state index is 0.0856. The summed E-state index contributed by atoms with van der Waals surface area (Å²) in [5, 5.41) is 0. The van der Waals surface area contributed by atoms with E-state index in [-0.39, 0.29) is 17.7 Å². The molecule has 196 valence electrons. The SMILES string of the molecule is COC(=O)c1ccc(C2C(C(=O)OCc3ccccc3)=C(C)N=c3s/c(=C/c4ccc(C)cc4)c(=O)n32)cc1. The average Bonchev–Trinajstić information content (AvgIpc) is 3.26. The Morgan fingerprint density at radius 3 is 2.31 bits per heavy atom. The highest BCUT2D eigenvalue weighted by Gasteiger charge is 2.33. The molecule has 4 aromatic rings. The van der Waals surface area contributed by atoms with Crippen molar-refractivity contribution >= 4 is 29.4 Å². The molecule has 0 radical (unpaired) electrons. The first-order chi connectivity index (χ1) is 18.9. The van der Waals surface area contributed by atoms with E-state index in [0.29, 0.717) is 26.2 Å².